The summed E-state index contributed by atoms with van der Waals surface area (Å²) in [5.41, 5.74) is 2.31. The van der Waals surface area contributed by atoms with Crippen molar-refractivity contribution in [1.82, 2.24) is 9.55 Å². The number of aromatic nitrogens is 2. The van der Waals surface area contributed by atoms with E-state index in [-0.39, 0.29) is 0 Å². The molecule has 1 aromatic heterocycles. The van der Waals surface area contributed by atoms with Crippen LogP contribution in [0.5, 0.6) is 0 Å². The van der Waals surface area contributed by atoms with E-state index in [2.05, 4.69) is 34.7 Å². The summed E-state index contributed by atoms with van der Waals surface area (Å²) in [5.74, 6) is 1.05. The molecule has 0 fully saturated rings. The lowest BCUT2D eigenvalue weighted by molar-refractivity contribution is 0.174. The lowest BCUT2D eigenvalue weighted by Gasteiger charge is -2.08. The first kappa shape index (κ1) is 17.0. The lowest BCUT2D eigenvalue weighted by Crippen LogP contribution is -2.05. The highest BCUT2D eigenvalue weighted by Gasteiger charge is 2.09. The number of unbranched alkanes of at least 4 members (excludes halogenated alkanes) is 7. The molecule has 0 spiro atoms. The largest absolute Gasteiger partial charge is 0.377 e. The van der Waals surface area contributed by atoms with Gasteiger partial charge < -0.3 is 9.30 Å². The predicted molar refractivity (Wildman–Crippen MR) is 93.1 cm³/mol. The molecule has 3 heteroatoms. The van der Waals surface area contributed by atoms with E-state index in [9.17, 15) is 0 Å². The molecule has 0 aliphatic carbocycles. The van der Waals surface area contributed by atoms with Gasteiger partial charge in [-0.2, -0.15) is 0 Å². The fraction of sp³-hybridized carbons (Fsp3) is 0.632. The van der Waals surface area contributed by atoms with Crippen molar-refractivity contribution in [2.45, 2.75) is 71.4 Å². The van der Waals surface area contributed by atoms with Crippen molar-refractivity contribution >= 4 is 11.0 Å². The molecule has 2 rings (SSSR count). The molecular formula is C19H30N2O. The van der Waals surface area contributed by atoms with Crippen LogP contribution in [0.1, 0.15) is 64.1 Å². The zero-order valence-electron chi connectivity index (χ0n) is 14.2. The Bertz CT molecular complexity index is 547. The normalized spacial score (nSPS) is 11.4. The van der Waals surface area contributed by atoms with Gasteiger partial charge >= 0.3 is 0 Å². The van der Waals surface area contributed by atoms with E-state index in [1.807, 2.05) is 6.07 Å². The molecule has 0 aliphatic heterocycles. The average Bonchev–Trinajstić information content (AvgIpc) is 2.88. The Morgan fingerprint density at radius 3 is 2.36 bits per heavy atom. The Morgan fingerprint density at radius 2 is 1.64 bits per heavy atom. The number of ether oxygens (including phenoxy) is 1. The van der Waals surface area contributed by atoms with Crippen LogP contribution in [0.4, 0.5) is 0 Å². The molecule has 2 aromatic rings. The summed E-state index contributed by atoms with van der Waals surface area (Å²) in [6, 6.07) is 8.38. The number of para-hydroxylation sites is 2. The van der Waals surface area contributed by atoms with Crippen LogP contribution in [0.25, 0.3) is 11.0 Å². The van der Waals surface area contributed by atoms with Gasteiger partial charge in [-0.1, -0.05) is 64.0 Å². The lowest BCUT2D eigenvalue weighted by atomic mass is 10.1. The Hall–Kier alpha value is -1.35. The third kappa shape index (κ3) is 4.84. The van der Waals surface area contributed by atoms with Crippen LogP contribution in [0, 0.1) is 0 Å². The second-order valence-corrected chi connectivity index (χ2v) is 6.08. The summed E-state index contributed by atoms with van der Waals surface area (Å²) < 4.78 is 7.63. The number of hydrogen-bond acceptors (Lipinski definition) is 2. The van der Waals surface area contributed by atoms with E-state index in [1.54, 1.807) is 7.11 Å². The molecule has 3 nitrogen and oxygen atoms in total. The molecule has 0 saturated heterocycles. The van der Waals surface area contributed by atoms with Crippen molar-refractivity contribution in [2.24, 2.45) is 0 Å². The van der Waals surface area contributed by atoms with Crippen molar-refractivity contribution in [3.05, 3.63) is 30.1 Å². The van der Waals surface area contributed by atoms with Gasteiger partial charge in [-0.25, -0.2) is 4.98 Å². The highest BCUT2D eigenvalue weighted by atomic mass is 16.5. The van der Waals surface area contributed by atoms with Gasteiger partial charge in [0.1, 0.15) is 12.4 Å². The van der Waals surface area contributed by atoms with Crippen molar-refractivity contribution in [3.63, 3.8) is 0 Å². The number of benzene rings is 1. The zero-order chi connectivity index (χ0) is 15.6. The van der Waals surface area contributed by atoms with E-state index >= 15 is 0 Å². The van der Waals surface area contributed by atoms with E-state index in [4.69, 9.17) is 4.74 Å². The summed E-state index contributed by atoms with van der Waals surface area (Å²) in [5, 5.41) is 0. The Labute approximate surface area is 134 Å². The van der Waals surface area contributed by atoms with Gasteiger partial charge in [0.2, 0.25) is 0 Å². The summed E-state index contributed by atoms with van der Waals surface area (Å²) in [4.78, 5) is 4.69. The van der Waals surface area contributed by atoms with E-state index < -0.39 is 0 Å². The fourth-order valence-electron chi connectivity index (χ4n) is 3.02. The van der Waals surface area contributed by atoms with Crippen LogP contribution in [0.2, 0.25) is 0 Å². The van der Waals surface area contributed by atoms with E-state index in [1.165, 1.54) is 56.9 Å². The number of fused-ring (bicyclic) bond motifs is 1. The van der Waals surface area contributed by atoms with Crippen LogP contribution >= 0.6 is 0 Å². The minimum Gasteiger partial charge on any atom is -0.377 e. The van der Waals surface area contributed by atoms with Crippen molar-refractivity contribution in [2.75, 3.05) is 7.11 Å². The molecule has 1 heterocycles. The van der Waals surface area contributed by atoms with Crippen molar-refractivity contribution < 1.29 is 4.74 Å². The third-order valence-electron chi connectivity index (χ3n) is 4.24. The maximum Gasteiger partial charge on any atom is 0.135 e. The molecule has 22 heavy (non-hydrogen) atoms. The first-order valence-electron chi connectivity index (χ1n) is 8.80. The summed E-state index contributed by atoms with van der Waals surface area (Å²) in [6.45, 7) is 3.91. The number of imidazole rings is 1. The number of nitrogens with zero attached hydrogens (tertiary/aromatic N) is 2. The standard InChI is InChI=1S/C19H30N2O/c1-3-4-5-6-7-8-9-12-15-21-18-14-11-10-13-17(18)20-19(21)16-22-2/h10-11,13-14H,3-9,12,15-16H2,1-2H3. The summed E-state index contributed by atoms with van der Waals surface area (Å²) in [6.07, 6.45) is 10.8. The SMILES string of the molecule is CCCCCCCCCCn1c(COC)nc2ccccc21. The molecule has 0 unspecified atom stereocenters. The number of rotatable bonds is 11. The van der Waals surface area contributed by atoms with Gasteiger partial charge in [0, 0.05) is 13.7 Å². The smallest absolute Gasteiger partial charge is 0.135 e. The Morgan fingerprint density at radius 1 is 0.955 bits per heavy atom. The van der Waals surface area contributed by atoms with Crippen LogP contribution < -0.4 is 0 Å². The van der Waals surface area contributed by atoms with Gasteiger partial charge in [0.15, 0.2) is 0 Å². The first-order chi connectivity index (χ1) is 10.9. The average molecular weight is 302 g/mol. The molecule has 0 N–H and O–H groups in total. The summed E-state index contributed by atoms with van der Waals surface area (Å²) in [7, 11) is 1.74. The molecule has 0 aliphatic rings. The number of hydrogen-bond donors (Lipinski definition) is 0. The van der Waals surface area contributed by atoms with E-state index in [0.29, 0.717) is 6.61 Å². The van der Waals surface area contributed by atoms with Gasteiger partial charge in [0.05, 0.1) is 11.0 Å². The number of methoxy groups -OCH3 is 1. The molecule has 0 atom stereocenters. The maximum absolute atomic E-state index is 5.30. The fourth-order valence-corrected chi connectivity index (χ4v) is 3.02. The Balaban J connectivity index is 1.81. The van der Waals surface area contributed by atoms with Crippen LogP contribution in [0.3, 0.4) is 0 Å². The van der Waals surface area contributed by atoms with E-state index in [0.717, 1.165) is 17.9 Å². The molecular weight excluding hydrogens is 272 g/mol. The third-order valence-corrected chi connectivity index (χ3v) is 4.24. The van der Waals surface area contributed by atoms with Crippen LogP contribution in [-0.2, 0) is 17.9 Å². The second kappa shape index (κ2) is 9.62. The van der Waals surface area contributed by atoms with Gasteiger partial charge in [0.25, 0.3) is 0 Å². The number of aryl methyl sites for hydroxylation is 1. The summed E-state index contributed by atoms with van der Waals surface area (Å²) >= 11 is 0. The predicted octanol–water partition coefficient (Wildman–Crippen LogP) is 5.32. The minimum absolute atomic E-state index is 0.589. The zero-order valence-corrected chi connectivity index (χ0v) is 14.2. The Kier molecular flexibility index (Phi) is 7.44. The molecule has 1 aromatic carbocycles. The van der Waals surface area contributed by atoms with Crippen molar-refractivity contribution in [1.29, 1.82) is 0 Å². The van der Waals surface area contributed by atoms with Gasteiger partial charge in [-0.15, -0.1) is 0 Å². The molecule has 0 amide bonds. The highest BCUT2D eigenvalue weighted by Crippen LogP contribution is 2.18. The minimum atomic E-state index is 0.589. The topological polar surface area (TPSA) is 27.1 Å². The quantitative estimate of drug-likeness (QED) is 0.525. The van der Waals surface area contributed by atoms with Crippen LogP contribution in [0.15, 0.2) is 24.3 Å². The highest BCUT2D eigenvalue weighted by molar-refractivity contribution is 5.75. The maximum atomic E-state index is 5.30. The van der Waals surface area contributed by atoms with Gasteiger partial charge in [-0.05, 0) is 18.6 Å². The van der Waals surface area contributed by atoms with Crippen LogP contribution in [-0.4, -0.2) is 16.7 Å². The molecule has 0 saturated carbocycles. The van der Waals surface area contributed by atoms with Crippen molar-refractivity contribution in [3.8, 4) is 0 Å². The first-order valence-corrected chi connectivity index (χ1v) is 8.80. The van der Waals surface area contributed by atoms with Gasteiger partial charge in [-0.3, -0.25) is 0 Å². The molecule has 0 radical (unpaired) electrons. The second-order valence-electron chi connectivity index (χ2n) is 6.08. The monoisotopic (exact) mass is 302 g/mol. The molecule has 0 bridgehead atoms. The molecule has 122 valence electrons.